The van der Waals surface area contributed by atoms with Gasteiger partial charge in [0.15, 0.2) is 5.78 Å². The first-order valence-electron chi connectivity index (χ1n) is 4.76. The van der Waals surface area contributed by atoms with Crippen LogP contribution in [0, 0.1) is 0 Å². The average Bonchev–Trinajstić information content (AvgIpc) is 2.42. The Morgan fingerprint density at radius 2 is 1.00 bits per heavy atom. The topological polar surface area (TPSA) is 34.1 Å². The maximum Gasteiger partial charge on any atom is 0.310 e. The molecular weight excluding hydrogens is 219 g/mol. The van der Waals surface area contributed by atoms with Gasteiger partial charge in [0.1, 0.15) is 0 Å². The molecule has 0 saturated carbocycles. The van der Waals surface area contributed by atoms with E-state index >= 15 is 0 Å². The van der Waals surface area contributed by atoms with Crippen molar-refractivity contribution in [1.29, 1.82) is 0 Å². The zero-order chi connectivity index (χ0) is 11.8. The van der Waals surface area contributed by atoms with E-state index in [2.05, 4.69) is 0 Å². The van der Waals surface area contributed by atoms with Gasteiger partial charge in [-0.25, -0.2) is 0 Å². The second-order valence-electron chi connectivity index (χ2n) is 3.06. The van der Waals surface area contributed by atoms with Gasteiger partial charge in [0.2, 0.25) is 0 Å². The Morgan fingerprint density at radius 1 is 0.688 bits per heavy atom. The van der Waals surface area contributed by atoms with Gasteiger partial charge in [-0.3, -0.25) is 4.79 Å². The Labute approximate surface area is 96.6 Å². The molecule has 0 bridgehead atoms. The monoisotopic (exact) mass is 231 g/mol. The molecule has 3 heteroatoms. The van der Waals surface area contributed by atoms with Crippen LogP contribution in [0.2, 0.25) is 0 Å². The molecule has 2 nitrogen and oxygen atoms in total. The molecule has 0 aliphatic rings. The minimum Gasteiger partial charge on any atom is -0.289 e. The Balaban J connectivity index is 0.000000606. The van der Waals surface area contributed by atoms with Crippen LogP contribution in [0.15, 0.2) is 60.7 Å². The second kappa shape index (κ2) is 6.65. The summed E-state index contributed by atoms with van der Waals surface area (Å²) >= 11 is 0. The van der Waals surface area contributed by atoms with E-state index in [4.69, 9.17) is 4.57 Å². The van der Waals surface area contributed by atoms with Crippen molar-refractivity contribution in [3.8, 4) is 0 Å². The van der Waals surface area contributed by atoms with Crippen LogP contribution in [-0.2, 0) is 4.57 Å². The standard InChI is InChI=1S/C13H10O.H2OP/c14-13(11-7-3-1-4-8-11)12-9-5-2-6-10-12;1-2/h1-10H;2H2/q;+1. The molecule has 2 aromatic carbocycles. The molecule has 0 saturated heterocycles. The molecule has 0 aromatic heterocycles. The van der Waals surface area contributed by atoms with Gasteiger partial charge in [-0.2, -0.15) is 0 Å². The van der Waals surface area contributed by atoms with E-state index in [0.29, 0.717) is 0 Å². The third-order valence-corrected chi connectivity index (χ3v) is 2.07. The first-order valence-corrected chi connectivity index (χ1v) is 5.23. The fourth-order valence-electron chi connectivity index (χ4n) is 1.35. The van der Waals surface area contributed by atoms with Crippen LogP contribution >= 0.6 is 9.12 Å². The highest BCUT2D eigenvalue weighted by Gasteiger charge is 2.06. The van der Waals surface area contributed by atoms with Crippen molar-refractivity contribution in [3.63, 3.8) is 0 Å². The SMILES string of the molecule is O=C(c1ccccc1)c1ccccc1.O=[PH2+]. The van der Waals surface area contributed by atoms with E-state index in [1.165, 1.54) is 9.12 Å². The van der Waals surface area contributed by atoms with E-state index in [9.17, 15) is 4.79 Å². The number of ketones is 1. The highest BCUT2D eigenvalue weighted by atomic mass is 31.0. The summed E-state index contributed by atoms with van der Waals surface area (Å²) in [5.74, 6) is 0.0752. The van der Waals surface area contributed by atoms with Crippen molar-refractivity contribution in [3.05, 3.63) is 71.8 Å². The summed E-state index contributed by atoms with van der Waals surface area (Å²) < 4.78 is 8.17. The molecule has 0 aliphatic heterocycles. The maximum atomic E-state index is 11.8. The molecule has 0 spiro atoms. The molecule has 0 radical (unpaired) electrons. The molecule has 2 aromatic rings. The van der Waals surface area contributed by atoms with Crippen LogP contribution in [0.5, 0.6) is 0 Å². The van der Waals surface area contributed by atoms with Crippen LogP contribution in [0.25, 0.3) is 0 Å². The van der Waals surface area contributed by atoms with Gasteiger partial charge in [-0.15, -0.1) is 0 Å². The molecule has 0 heterocycles. The van der Waals surface area contributed by atoms with E-state index in [0.717, 1.165) is 11.1 Å². The van der Waals surface area contributed by atoms with Gasteiger partial charge < -0.3 is 0 Å². The van der Waals surface area contributed by atoms with E-state index in [-0.39, 0.29) is 5.78 Å². The number of carbonyl (C=O) groups excluding carboxylic acids is 1. The number of hydrogen-bond acceptors (Lipinski definition) is 2. The smallest absolute Gasteiger partial charge is 0.289 e. The van der Waals surface area contributed by atoms with Gasteiger partial charge in [-0.1, -0.05) is 65.2 Å². The first kappa shape index (κ1) is 12.3. The molecular formula is C13H12O2P+. The summed E-state index contributed by atoms with van der Waals surface area (Å²) in [5, 5.41) is 0. The lowest BCUT2D eigenvalue weighted by atomic mass is 10.0. The Kier molecular flexibility index (Phi) is 5.10. The van der Waals surface area contributed by atoms with Crippen LogP contribution in [0.1, 0.15) is 15.9 Å². The summed E-state index contributed by atoms with van der Waals surface area (Å²) in [4.78, 5) is 11.8. The molecule has 0 N–H and O–H groups in total. The first-order chi connectivity index (χ1) is 7.88. The lowest BCUT2D eigenvalue weighted by Crippen LogP contribution is -1.99. The van der Waals surface area contributed by atoms with Crippen LogP contribution < -0.4 is 0 Å². The van der Waals surface area contributed by atoms with Crippen LogP contribution in [0.3, 0.4) is 0 Å². The van der Waals surface area contributed by atoms with E-state index < -0.39 is 0 Å². The van der Waals surface area contributed by atoms with Crippen molar-refractivity contribution in [2.75, 3.05) is 0 Å². The molecule has 0 aliphatic carbocycles. The summed E-state index contributed by atoms with van der Waals surface area (Å²) in [6, 6.07) is 18.6. The van der Waals surface area contributed by atoms with Crippen LogP contribution in [-0.4, -0.2) is 5.78 Å². The lowest BCUT2D eigenvalue weighted by Gasteiger charge is -1.99. The third-order valence-electron chi connectivity index (χ3n) is 2.07. The van der Waals surface area contributed by atoms with Gasteiger partial charge in [0, 0.05) is 11.1 Å². The Bertz CT molecular complexity index is 399. The summed E-state index contributed by atoms with van der Waals surface area (Å²) in [6.07, 6.45) is 0. The second-order valence-corrected chi connectivity index (χ2v) is 3.06. The number of hydrogen-bond donors (Lipinski definition) is 0. The Morgan fingerprint density at radius 3 is 1.31 bits per heavy atom. The maximum absolute atomic E-state index is 11.8. The summed E-state index contributed by atoms with van der Waals surface area (Å²) in [7, 11) is 1.17. The largest absolute Gasteiger partial charge is 0.310 e. The minimum atomic E-state index is 0.0752. The normalized spacial score (nSPS) is 8.75. The average molecular weight is 231 g/mol. The van der Waals surface area contributed by atoms with Gasteiger partial charge in [0.25, 0.3) is 0 Å². The quantitative estimate of drug-likeness (QED) is 0.587. The third kappa shape index (κ3) is 3.11. The van der Waals surface area contributed by atoms with Crippen molar-refractivity contribution in [2.45, 2.75) is 0 Å². The van der Waals surface area contributed by atoms with Crippen molar-refractivity contribution >= 4 is 14.9 Å². The minimum absolute atomic E-state index is 0.0752. The molecule has 2 rings (SSSR count). The molecule has 80 valence electrons. The highest BCUT2D eigenvalue weighted by Crippen LogP contribution is 2.08. The fraction of sp³-hybridized carbons (Fsp3) is 0. The predicted molar refractivity (Wildman–Crippen MR) is 66.7 cm³/mol. The molecule has 1 atom stereocenters. The zero-order valence-corrected chi connectivity index (χ0v) is 9.82. The van der Waals surface area contributed by atoms with Crippen LogP contribution in [0.4, 0.5) is 0 Å². The zero-order valence-electron chi connectivity index (χ0n) is 8.67. The van der Waals surface area contributed by atoms with Crippen molar-refractivity contribution < 1.29 is 9.36 Å². The van der Waals surface area contributed by atoms with Gasteiger partial charge in [0.05, 0.1) is 0 Å². The van der Waals surface area contributed by atoms with Gasteiger partial charge in [-0.05, 0) is 0 Å². The highest BCUT2D eigenvalue weighted by molar-refractivity contribution is 7.00. The number of rotatable bonds is 2. The fourth-order valence-corrected chi connectivity index (χ4v) is 1.35. The summed E-state index contributed by atoms with van der Waals surface area (Å²) in [6.45, 7) is 0. The molecule has 1 unspecified atom stereocenters. The van der Waals surface area contributed by atoms with E-state index in [1.807, 2.05) is 60.7 Å². The van der Waals surface area contributed by atoms with Crippen molar-refractivity contribution in [2.24, 2.45) is 0 Å². The van der Waals surface area contributed by atoms with Crippen molar-refractivity contribution in [1.82, 2.24) is 0 Å². The molecule has 16 heavy (non-hydrogen) atoms. The number of benzene rings is 2. The summed E-state index contributed by atoms with van der Waals surface area (Å²) in [5.41, 5.74) is 1.47. The Hall–Kier alpha value is -1.79. The predicted octanol–water partition coefficient (Wildman–Crippen LogP) is 3.12. The molecule has 0 amide bonds. The van der Waals surface area contributed by atoms with E-state index in [1.54, 1.807) is 0 Å². The van der Waals surface area contributed by atoms with Gasteiger partial charge >= 0.3 is 9.12 Å². The number of carbonyl (C=O) groups is 1. The molecule has 0 fully saturated rings. The lowest BCUT2D eigenvalue weighted by molar-refractivity contribution is 0.103.